The predicted octanol–water partition coefficient (Wildman–Crippen LogP) is 1.61. The van der Waals surface area contributed by atoms with Crippen molar-refractivity contribution in [2.45, 2.75) is 0 Å². The second-order valence-electron chi connectivity index (χ2n) is 5.25. The second kappa shape index (κ2) is 7.50. The van der Waals surface area contributed by atoms with Gasteiger partial charge in [0.1, 0.15) is 24.7 Å². The standard InChI is InChI=1S/C18H18N2O4/c21-17(19-10-11-23-14-6-2-1-3-7-14)12-20-15-8-4-5-9-16(15)24-13-18(20)22/h1-9H,10-13H2,(H,19,21). The fraction of sp³-hybridized carbons (Fsp3) is 0.222. The van der Waals surface area contributed by atoms with E-state index < -0.39 is 0 Å². The summed E-state index contributed by atoms with van der Waals surface area (Å²) in [6.45, 7) is 0.642. The average molecular weight is 326 g/mol. The minimum Gasteiger partial charge on any atom is -0.492 e. The number of nitrogens with zero attached hydrogens (tertiary/aromatic N) is 1. The number of amides is 2. The SMILES string of the molecule is O=C(CN1C(=O)COc2ccccc21)NCCOc1ccccc1. The van der Waals surface area contributed by atoms with Crippen LogP contribution in [0.4, 0.5) is 5.69 Å². The molecule has 0 radical (unpaired) electrons. The zero-order valence-electron chi connectivity index (χ0n) is 13.1. The van der Waals surface area contributed by atoms with E-state index in [1.54, 1.807) is 18.2 Å². The first-order valence-corrected chi connectivity index (χ1v) is 7.71. The lowest BCUT2D eigenvalue weighted by atomic mass is 10.2. The molecule has 0 saturated carbocycles. The van der Waals surface area contributed by atoms with Crippen molar-refractivity contribution < 1.29 is 19.1 Å². The molecule has 6 nitrogen and oxygen atoms in total. The van der Waals surface area contributed by atoms with Crippen LogP contribution < -0.4 is 19.7 Å². The number of para-hydroxylation sites is 3. The normalized spacial score (nSPS) is 13.0. The molecule has 1 N–H and O–H groups in total. The molecule has 0 bridgehead atoms. The highest BCUT2D eigenvalue weighted by Crippen LogP contribution is 2.31. The smallest absolute Gasteiger partial charge is 0.265 e. The summed E-state index contributed by atoms with van der Waals surface area (Å²) in [7, 11) is 0. The van der Waals surface area contributed by atoms with Gasteiger partial charge in [-0.15, -0.1) is 0 Å². The molecule has 0 saturated heterocycles. The molecule has 0 unspecified atom stereocenters. The Hall–Kier alpha value is -3.02. The van der Waals surface area contributed by atoms with Crippen molar-refractivity contribution in [3.8, 4) is 11.5 Å². The number of ether oxygens (including phenoxy) is 2. The van der Waals surface area contributed by atoms with Gasteiger partial charge in [-0.05, 0) is 24.3 Å². The lowest BCUT2D eigenvalue weighted by molar-refractivity contribution is -0.125. The zero-order chi connectivity index (χ0) is 16.8. The minimum absolute atomic E-state index is 0.0372. The third-order valence-electron chi connectivity index (χ3n) is 3.55. The first-order chi connectivity index (χ1) is 11.7. The van der Waals surface area contributed by atoms with Crippen LogP contribution in [0.1, 0.15) is 0 Å². The van der Waals surface area contributed by atoms with Crippen LogP contribution in [0.2, 0.25) is 0 Å². The van der Waals surface area contributed by atoms with Crippen LogP contribution in [0.25, 0.3) is 0 Å². The Labute approximate surface area is 140 Å². The van der Waals surface area contributed by atoms with Crippen molar-refractivity contribution in [3.05, 3.63) is 54.6 Å². The summed E-state index contributed by atoms with van der Waals surface area (Å²) in [6, 6.07) is 16.6. The highest BCUT2D eigenvalue weighted by atomic mass is 16.5. The number of benzene rings is 2. The molecule has 1 aliphatic rings. The van der Waals surface area contributed by atoms with Crippen molar-refractivity contribution >= 4 is 17.5 Å². The molecular formula is C18H18N2O4. The molecule has 0 fully saturated rings. The van der Waals surface area contributed by atoms with Crippen LogP contribution in [0, 0.1) is 0 Å². The number of nitrogens with one attached hydrogen (secondary N) is 1. The summed E-state index contributed by atoms with van der Waals surface area (Å²) < 4.78 is 10.9. The molecule has 0 aliphatic carbocycles. The average Bonchev–Trinajstić information content (AvgIpc) is 2.62. The molecule has 0 spiro atoms. The monoisotopic (exact) mass is 326 g/mol. The summed E-state index contributed by atoms with van der Waals surface area (Å²) in [4.78, 5) is 25.5. The molecule has 2 aromatic rings. The van der Waals surface area contributed by atoms with Gasteiger partial charge in [0.05, 0.1) is 12.2 Å². The van der Waals surface area contributed by atoms with Crippen LogP contribution in [-0.2, 0) is 9.59 Å². The van der Waals surface area contributed by atoms with Gasteiger partial charge >= 0.3 is 0 Å². The largest absolute Gasteiger partial charge is 0.492 e. The van der Waals surface area contributed by atoms with Gasteiger partial charge in [0, 0.05) is 0 Å². The molecule has 0 atom stereocenters. The molecule has 6 heteroatoms. The van der Waals surface area contributed by atoms with Gasteiger partial charge in [0.2, 0.25) is 5.91 Å². The highest BCUT2D eigenvalue weighted by molar-refractivity contribution is 6.02. The van der Waals surface area contributed by atoms with E-state index in [9.17, 15) is 9.59 Å². The summed E-state index contributed by atoms with van der Waals surface area (Å²) in [5.41, 5.74) is 0.615. The maximum Gasteiger partial charge on any atom is 0.265 e. The van der Waals surface area contributed by atoms with E-state index in [0.717, 1.165) is 5.75 Å². The van der Waals surface area contributed by atoms with Crippen LogP contribution in [0.3, 0.4) is 0 Å². The van der Waals surface area contributed by atoms with Crippen molar-refractivity contribution in [3.63, 3.8) is 0 Å². The van der Waals surface area contributed by atoms with E-state index in [4.69, 9.17) is 9.47 Å². The molecule has 2 aromatic carbocycles. The van der Waals surface area contributed by atoms with Gasteiger partial charge in [0.25, 0.3) is 5.91 Å². The lowest BCUT2D eigenvalue weighted by Gasteiger charge is -2.28. The van der Waals surface area contributed by atoms with Crippen LogP contribution in [-0.4, -0.2) is 38.1 Å². The fourth-order valence-electron chi connectivity index (χ4n) is 2.40. The number of rotatable bonds is 6. The van der Waals surface area contributed by atoms with Crippen molar-refractivity contribution in [1.82, 2.24) is 5.32 Å². The molecule has 0 aromatic heterocycles. The number of hydrogen-bond acceptors (Lipinski definition) is 4. The molecule has 2 amide bonds. The Balaban J connectivity index is 1.49. The van der Waals surface area contributed by atoms with Gasteiger partial charge in [0.15, 0.2) is 6.61 Å². The molecular weight excluding hydrogens is 308 g/mol. The first-order valence-electron chi connectivity index (χ1n) is 7.71. The molecule has 1 heterocycles. The summed E-state index contributed by atoms with van der Waals surface area (Å²) in [6.07, 6.45) is 0. The summed E-state index contributed by atoms with van der Waals surface area (Å²) in [5.74, 6) is 0.891. The molecule has 24 heavy (non-hydrogen) atoms. The molecule has 124 valence electrons. The maximum absolute atomic E-state index is 12.1. The molecule has 1 aliphatic heterocycles. The highest BCUT2D eigenvalue weighted by Gasteiger charge is 2.26. The first kappa shape index (κ1) is 15.9. The van der Waals surface area contributed by atoms with Crippen LogP contribution >= 0.6 is 0 Å². The minimum atomic E-state index is -0.239. The zero-order valence-corrected chi connectivity index (χ0v) is 13.1. The van der Waals surface area contributed by atoms with E-state index in [2.05, 4.69) is 5.32 Å². The van der Waals surface area contributed by atoms with E-state index in [0.29, 0.717) is 24.6 Å². The maximum atomic E-state index is 12.1. The number of carbonyl (C=O) groups is 2. The third kappa shape index (κ3) is 3.84. The van der Waals surface area contributed by atoms with Crippen molar-refractivity contribution in [2.24, 2.45) is 0 Å². The Morgan fingerprint density at radius 2 is 1.88 bits per heavy atom. The Morgan fingerprint density at radius 1 is 1.12 bits per heavy atom. The van der Waals surface area contributed by atoms with Gasteiger partial charge in [-0.25, -0.2) is 0 Å². The summed E-state index contributed by atoms with van der Waals surface area (Å²) in [5, 5.41) is 2.75. The quantitative estimate of drug-likeness (QED) is 0.819. The number of hydrogen-bond donors (Lipinski definition) is 1. The van der Waals surface area contributed by atoms with Crippen LogP contribution in [0.15, 0.2) is 54.6 Å². The third-order valence-corrected chi connectivity index (χ3v) is 3.55. The number of carbonyl (C=O) groups excluding carboxylic acids is 2. The van der Waals surface area contributed by atoms with Gasteiger partial charge < -0.3 is 14.8 Å². The molecule has 3 rings (SSSR count). The van der Waals surface area contributed by atoms with Crippen molar-refractivity contribution in [1.29, 1.82) is 0 Å². The lowest BCUT2D eigenvalue weighted by Crippen LogP contribution is -2.45. The van der Waals surface area contributed by atoms with Crippen molar-refractivity contribution in [2.75, 3.05) is 31.2 Å². The number of fused-ring (bicyclic) bond motifs is 1. The van der Waals surface area contributed by atoms with Gasteiger partial charge in [-0.2, -0.15) is 0 Å². The summed E-state index contributed by atoms with van der Waals surface area (Å²) >= 11 is 0. The Bertz CT molecular complexity index is 718. The van der Waals surface area contributed by atoms with Gasteiger partial charge in [-0.3, -0.25) is 14.5 Å². The van der Waals surface area contributed by atoms with E-state index >= 15 is 0 Å². The second-order valence-corrected chi connectivity index (χ2v) is 5.25. The topological polar surface area (TPSA) is 67.9 Å². The van der Waals surface area contributed by atoms with Crippen LogP contribution in [0.5, 0.6) is 11.5 Å². The van der Waals surface area contributed by atoms with E-state index in [1.807, 2.05) is 36.4 Å². The Kier molecular flexibility index (Phi) is 4.96. The number of anilines is 1. The van der Waals surface area contributed by atoms with E-state index in [1.165, 1.54) is 4.90 Å². The Morgan fingerprint density at radius 3 is 2.71 bits per heavy atom. The fourth-order valence-corrected chi connectivity index (χ4v) is 2.40. The van der Waals surface area contributed by atoms with E-state index in [-0.39, 0.29) is 25.0 Å². The predicted molar refractivity (Wildman–Crippen MR) is 89.2 cm³/mol. The van der Waals surface area contributed by atoms with Gasteiger partial charge in [-0.1, -0.05) is 30.3 Å².